The maximum atomic E-state index is 12.4. The number of likely N-dealkylation sites (N-methyl/N-ethyl adjacent to an activating group) is 1. The van der Waals surface area contributed by atoms with E-state index < -0.39 is 10.0 Å². The maximum absolute atomic E-state index is 12.4. The maximum Gasteiger partial charge on any atom is 0.259 e. The molecular formula is C14H22N6O3S. The van der Waals surface area contributed by atoms with Gasteiger partial charge in [0.15, 0.2) is 5.03 Å². The molecule has 24 heavy (non-hydrogen) atoms. The topological polar surface area (TPSA) is 94.3 Å². The summed E-state index contributed by atoms with van der Waals surface area (Å²) in [4.78, 5) is 6.05. The first-order valence-corrected chi connectivity index (χ1v) is 9.14. The predicted octanol–water partition coefficient (Wildman–Crippen LogP) is -0.496. The molecule has 1 fully saturated rings. The van der Waals surface area contributed by atoms with E-state index in [1.807, 2.05) is 20.2 Å². The van der Waals surface area contributed by atoms with Gasteiger partial charge in [0, 0.05) is 39.6 Å². The van der Waals surface area contributed by atoms with Crippen molar-refractivity contribution < 1.29 is 13.2 Å². The van der Waals surface area contributed by atoms with Crippen molar-refractivity contribution in [1.29, 1.82) is 0 Å². The fourth-order valence-electron chi connectivity index (χ4n) is 2.92. The van der Waals surface area contributed by atoms with E-state index in [0.717, 1.165) is 12.2 Å². The number of ether oxygens (including phenoxy) is 1. The van der Waals surface area contributed by atoms with Crippen molar-refractivity contribution in [3.8, 4) is 0 Å². The average molecular weight is 354 g/mol. The lowest BCUT2D eigenvalue weighted by Gasteiger charge is -2.39. The van der Waals surface area contributed by atoms with Crippen LogP contribution in [0.4, 0.5) is 0 Å². The Hall–Kier alpha value is -1.75. The minimum absolute atomic E-state index is 0.00578. The van der Waals surface area contributed by atoms with Crippen molar-refractivity contribution in [1.82, 2.24) is 29.0 Å². The standard InChI is InChI=1S/C14H22N6O3S/c1-18-9-13(15-10-18)24(21,22)17-8-12-14(19(2)6-7-23-12)11-4-5-16-20(11)3/h4-5,9-10,12,14,17H,6-8H2,1-3H3/t12-,14-/m0/s1. The Kier molecular flexibility index (Phi) is 4.72. The first-order valence-electron chi connectivity index (χ1n) is 7.66. The Balaban J connectivity index is 1.76. The highest BCUT2D eigenvalue weighted by atomic mass is 32.2. The van der Waals surface area contributed by atoms with Crippen LogP contribution in [0.1, 0.15) is 11.7 Å². The van der Waals surface area contributed by atoms with Crippen molar-refractivity contribution in [3.63, 3.8) is 0 Å². The Bertz CT molecular complexity index is 799. The third-order valence-corrected chi connectivity index (χ3v) is 5.50. The van der Waals surface area contributed by atoms with Gasteiger partial charge in [0.1, 0.15) is 0 Å². The smallest absolute Gasteiger partial charge is 0.259 e. The summed E-state index contributed by atoms with van der Waals surface area (Å²) < 4.78 is 36.5. The molecule has 0 amide bonds. The van der Waals surface area contributed by atoms with Crippen molar-refractivity contribution >= 4 is 10.0 Å². The summed E-state index contributed by atoms with van der Waals surface area (Å²) in [5.74, 6) is 0. The molecule has 2 aromatic heterocycles. The van der Waals surface area contributed by atoms with Gasteiger partial charge >= 0.3 is 0 Å². The number of rotatable bonds is 5. The van der Waals surface area contributed by atoms with E-state index in [2.05, 4.69) is 19.7 Å². The molecule has 10 heteroatoms. The molecule has 0 bridgehead atoms. The molecule has 1 aliphatic heterocycles. The van der Waals surface area contributed by atoms with Crippen LogP contribution in [-0.4, -0.2) is 65.5 Å². The zero-order valence-corrected chi connectivity index (χ0v) is 14.8. The van der Waals surface area contributed by atoms with Crippen LogP contribution in [0.15, 0.2) is 29.8 Å². The molecule has 0 aliphatic carbocycles. The van der Waals surface area contributed by atoms with Crippen LogP contribution in [0, 0.1) is 0 Å². The molecular weight excluding hydrogens is 332 g/mol. The number of sulfonamides is 1. The third-order valence-electron chi connectivity index (χ3n) is 4.20. The minimum Gasteiger partial charge on any atom is -0.373 e. The molecule has 9 nitrogen and oxygen atoms in total. The molecule has 1 N–H and O–H groups in total. The van der Waals surface area contributed by atoms with Crippen LogP contribution < -0.4 is 4.72 Å². The second-order valence-corrected chi connectivity index (χ2v) is 7.66. The molecule has 0 unspecified atom stereocenters. The van der Waals surface area contributed by atoms with E-state index in [0.29, 0.717) is 6.61 Å². The van der Waals surface area contributed by atoms with Crippen LogP contribution in [0.2, 0.25) is 0 Å². The number of hydrogen-bond donors (Lipinski definition) is 1. The Morgan fingerprint density at radius 2 is 2.17 bits per heavy atom. The molecule has 3 heterocycles. The highest BCUT2D eigenvalue weighted by Gasteiger charge is 2.34. The number of imidazole rings is 1. The van der Waals surface area contributed by atoms with E-state index in [-0.39, 0.29) is 23.7 Å². The zero-order valence-electron chi connectivity index (χ0n) is 14.0. The quantitative estimate of drug-likeness (QED) is 0.778. The zero-order chi connectivity index (χ0) is 17.3. The van der Waals surface area contributed by atoms with Crippen LogP contribution >= 0.6 is 0 Å². The normalized spacial score (nSPS) is 22.8. The highest BCUT2D eigenvalue weighted by Crippen LogP contribution is 2.27. The fraction of sp³-hybridized carbons (Fsp3) is 0.571. The lowest BCUT2D eigenvalue weighted by molar-refractivity contribution is -0.0616. The first-order chi connectivity index (χ1) is 11.4. The molecule has 0 saturated carbocycles. The summed E-state index contributed by atoms with van der Waals surface area (Å²) >= 11 is 0. The number of nitrogens with one attached hydrogen (secondary N) is 1. The lowest BCUT2D eigenvalue weighted by Crippen LogP contribution is -2.48. The Labute approximate surface area is 141 Å². The molecule has 0 aromatic carbocycles. The Morgan fingerprint density at radius 3 is 2.79 bits per heavy atom. The van der Waals surface area contributed by atoms with Gasteiger partial charge in [-0.05, 0) is 13.1 Å². The lowest BCUT2D eigenvalue weighted by atomic mass is 10.0. The van der Waals surface area contributed by atoms with Gasteiger partial charge in [-0.15, -0.1) is 0 Å². The number of hydrogen-bond acceptors (Lipinski definition) is 6. The molecule has 0 radical (unpaired) electrons. The summed E-state index contributed by atoms with van der Waals surface area (Å²) in [5.41, 5.74) is 0.985. The SMILES string of the molecule is CN1CCO[C@@H](CNS(=O)(=O)c2cn(C)cn2)[C@@H]1c1ccnn1C. The van der Waals surface area contributed by atoms with Crippen LogP contribution in [0.25, 0.3) is 0 Å². The van der Waals surface area contributed by atoms with E-state index >= 15 is 0 Å². The van der Waals surface area contributed by atoms with E-state index in [1.54, 1.807) is 22.5 Å². The van der Waals surface area contributed by atoms with Crippen LogP contribution in [-0.2, 0) is 28.9 Å². The summed E-state index contributed by atoms with van der Waals surface area (Å²) in [6.07, 6.45) is 4.34. The van der Waals surface area contributed by atoms with Gasteiger partial charge in [-0.3, -0.25) is 9.58 Å². The monoisotopic (exact) mass is 354 g/mol. The summed E-state index contributed by atoms with van der Waals surface area (Å²) in [5, 5.41) is 4.21. The Morgan fingerprint density at radius 1 is 1.38 bits per heavy atom. The number of morpholine rings is 1. The summed E-state index contributed by atoms with van der Waals surface area (Å²) in [6.45, 7) is 1.50. The summed E-state index contributed by atoms with van der Waals surface area (Å²) in [7, 11) is 1.93. The first kappa shape index (κ1) is 17.1. The fourth-order valence-corrected chi connectivity index (χ4v) is 3.94. The number of aryl methyl sites for hydroxylation is 2. The molecule has 3 rings (SSSR count). The molecule has 1 saturated heterocycles. The van der Waals surface area contributed by atoms with Crippen LogP contribution in [0.5, 0.6) is 0 Å². The largest absolute Gasteiger partial charge is 0.373 e. The van der Waals surface area contributed by atoms with Crippen molar-refractivity contribution in [3.05, 3.63) is 30.5 Å². The number of nitrogens with zero attached hydrogens (tertiary/aromatic N) is 5. The van der Waals surface area contributed by atoms with Crippen molar-refractivity contribution in [2.75, 3.05) is 26.7 Å². The van der Waals surface area contributed by atoms with E-state index in [4.69, 9.17) is 4.74 Å². The van der Waals surface area contributed by atoms with Gasteiger partial charge in [0.05, 0.1) is 30.8 Å². The van der Waals surface area contributed by atoms with E-state index in [9.17, 15) is 8.42 Å². The second kappa shape index (κ2) is 6.63. The van der Waals surface area contributed by atoms with Gasteiger partial charge in [-0.1, -0.05) is 0 Å². The molecule has 0 spiro atoms. The minimum atomic E-state index is -3.66. The van der Waals surface area contributed by atoms with E-state index in [1.165, 1.54) is 12.5 Å². The highest BCUT2D eigenvalue weighted by molar-refractivity contribution is 7.89. The molecule has 2 aromatic rings. The van der Waals surface area contributed by atoms with Gasteiger partial charge in [-0.25, -0.2) is 18.1 Å². The van der Waals surface area contributed by atoms with Gasteiger partial charge in [-0.2, -0.15) is 5.10 Å². The second-order valence-electron chi connectivity index (χ2n) is 5.94. The van der Waals surface area contributed by atoms with Gasteiger partial charge < -0.3 is 9.30 Å². The molecule has 2 atom stereocenters. The van der Waals surface area contributed by atoms with Gasteiger partial charge in [0.2, 0.25) is 0 Å². The van der Waals surface area contributed by atoms with Crippen molar-refractivity contribution in [2.24, 2.45) is 14.1 Å². The molecule has 1 aliphatic rings. The van der Waals surface area contributed by atoms with Gasteiger partial charge in [0.25, 0.3) is 10.0 Å². The van der Waals surface area contributed by atoms with Crippen LogP contribution in [0.3, 0.4) is 0 Å². The average Bonchev–Trinajstić information content (AvgIpc) is 3.14. The predicted molar refractivity (Wildman–Crippen MR) is 86.7 cm³/mol. The summed E-state index contributed by atoms with van der Waals surface area (Å²) in [6, 6.07) is 1.86. The van der Waals surface area contributed by atoms with Crippen molar-refractivity contribution in [2.45, 2.75) is 17.2 Å². The molecule has 132 valence electrons. The third kappa shape index (κ3) is 3.36. The number of aromatic nitrogens is 4.